The van der Waals surface area contributed by atoms with E-state index < -0.39 is 0 Å². The number of hydrogen-bond donors (Lipinski definition) is 1. The summed E-state index contributed by atoms with van der Waals surface area (Å²) < 4.78 is 1.70. The van der Waals surface area contributed by atoms with Gasteiger partial charge in [0, 0.05) is 23.8 Å². The van der Waals surface area contributed by atoms with Gasteiger partial charge in [-0.15, -0.1) is 16.4 Å². The van der Waals surface area contributed by atoms with E-state index in [0.717, 1.165) is 40.1 Å². The lowest BCUT2D eigenvalue weighted by molar-refractivity contribution is 0.0940. The largest absolute Gasteiger partial charge is 0.345 e. The van der Waals surface area contributed by atoms with Gasteiger partial charge in [-0.1, -0.05) is 6.92 Å². The predicted molar refractivity (Wildman–Crippen MR) is 107 cm³/mol. The van der Waals surface area contributed by atoms with E-state index in [1.807, 2.05) is 19.1 Å². The number of nitrogens with one attached hydrogen (secondary N) is 1. The van der Waals surface area contributed by atoms with Crippen LogP contribution in [0.4, 0.5) is 0 Å². The molecule has 1 amide bonds. The van der Waals surface area contributed by atoms with Crippen LogP contribution in [0.5, 0.6) is 0 Å². The fraction of sp³-hybridized carbons (Fsp3) is 0.350. The van der Waals surface area contributed by atoms with Gasteiger partial charge in [-0.05, 0) is 55.4 Å². The molecule has 142 valence electrons. The minimum atomic E-state index is -0.287. The van der Waals surface area contributed by atoms with Gasteiger partial charge in [-0.25, -0.2) is 9.97 Å². The maximum atomic E-state index is 12.6. The lowest BCUT2D eigenvalue weighted by Gasteiger charge is -2.17. The van der Waals surface area contributed by atoms with Gasteiger partial charge in [0.1, 0.15) is 10.7 Å². The Bertz CT molecular complexity index is 1200. The molecule has 28 heavy (non-hydrogen) atoms. The molecule has 1 atom stereocenters. The van der Waals surface area contributed by atoms with E-state index in [4.69, 9.17) is 4.98 Å². The van der Waals surface area contributed by atoms with E-state index in [0.29, 0.717) is 12.5 Å². The molecule has 4 aromatic rings. The Morgan fingerprint density at radius 2 is 2.14 bits per heavy atom. The van der Waals surface area contributed by atoms with Crippen LogP contribution in [0.2, 0.25) is 0 Å². The molecule has 1 unspecified atom stereocenters. The number of rotatable bonds is 3. The summed E-state index contributed by atoms with van der Waals surface area (Å²) in [6, 6.07) is 3.74. The zero-order valence-corrected chi connectivity index (χ0v) is 16.6. The molecule has 5 rings (SSSR count). The summed E-state index contributed by atoms with van der Waals surface area (Å²) >= 11 is 1.76. The van der Waals surface area contributed by atoms with Gasteiger partial charge in [0.05, 0.1) is 5.39 Å². The third-order valence-electron chi connectivity index (χ3n) is 5.30. The minimum absolute atomic E-state index is 0.176. The summed E-state index contributed by atoms with van der Waals surface area (Å²) in [5, 5.41) is 8.40. The van der Waals surface area contributed by atoms with E-state index >= 15 is 0 Å². The SMILES string of the molecule is Cc1nc2sc3c(c2c2nc(C(=O)NCc4ccncc4)nn12)CC(C)CC3. The van der Waals surface area contributed by atoms with E-state index in [-0.39, 0.29) is 11.7 Å². The zero-order valence-electron chi connectivity index (χ0n) is 15.8. The van der Waals surface area contributed by atoms with Gasteiger partial charge in [-0.3, -0.25) is 9.78 Å². The Balaban J connectivity index is 1.54. The molecule has 4 heterocycles. The van der Waals surface area contributed by atoms with Crippen molar-refractivity contribution in [2.75, 3.05) is 0 Å². The van der Waals surface area contributed by atoms with Crippen molar-refractivity contribution in [2.45, 2.75) is 39.7 Å². The number of carbonyl (C=O) groups excluding carboxylic acids is 1. The second-order valence-corrected chi connectivity index (χ2v) is 8.48. The monoisotopic (exact) mass is 392 g/mol. The quantitative estimate of drug-likeness (QED) is 0.579. The van der Waals surface area contributed by atoms with Crippen molar-refractivity contribution < 1.29 is 4.79 Å². The van der Waals surface area contributed by atoms with Gasteiger partial charge in [0.15, 0.2) is 5.65 Å². The Morgan fingerprint density at radius 3 is 2.96 bits per heavy atom. The molecular weight excluding hydrogens is 372 g/mol. The molecular formula is C20H20N6OS. The van der Waals surface area contributed by atoms with Gasteiger partial charge in [0.25, 0.3) is 5.91 Å². The topological polar surface area (TPSA) is 85.1 Å². The fourth-order valence-electron chi connectivity index (χ4n) is 3.81. The number of carbonyl (C=O) groups is 1. The summed E-state index contributed by atoms with van der Waals surface area (Å²) in [6.45, 7) is 4.60. The molecule has 0 radical (unpaired) electrons. The summed E-state index contributed by atoms with van der Waals surface area (Å²) in [4.78, 5) is 28.4. The second-order valence-electron chi connectivity index (χ2n) is 7.40. The molecule has 0 bridgehead atoms. The van der Waals surface area contributed by atoms with Crippen molar-refractivity contribution in [1.82, 2.24) is 29.9 Å². The van der Waals surface area contributed by atoms with Crippen molar-refractivity contribution in [3.05, 3.63) is 52.2 Å². The summed E-state index contributed by atoms with van der Waals surface area (Å²) in [6.07, 6.45) is 6.75. The molecule has 4 aromatic heterocycles. The minimum Gasteiger partial charge on any atom is -0.345 e. The number of aromatic nitrogens is 5. The van der Waals surface area contributed by atoms with Crippen molar-refractivity contribution in [3.63, 3.8) is 0 Å². The van der Waals surface area contributed by atoms with Crippen LogP contribution < -0.4 is 5.32 Å². The standard InChI is InChI=1S/C20H20N6OS/c1-11-3-4-15-14(9-11)16-18-24-17(25-26(18)12(2)23-20(16)28-15)19(27)22-10-13-5-7-21-8-6-13/h5-8,11H,3-4,9-10H2,1-2H3,(H,22,27). The second kappa shape index (κ2) is 6.63. The van der Waals surface area contributed by atoms with Crippen LogP contribution in [0.15, 0.2) is 24.5 Å². The highest BCUT2D eigenvalue weighted by Gasteiger charge is 2.25. The van der Waals surface area contributed by atoms with Gasteiger partial charge in [0.2, 0.25) is 5.82 Å². The molecule has 7 nitrogen and oxygen atoms in total. The van der Waals surface area contributed by atoms with E-state index in [2.05, 4.69) is 27.3 Å². The Labute approximate surface area is 165 Å². The predicted octanol–water partition coefficient (Wildman–Crippen LogP) is 3.10. The van der Waals surface area contributed by atoms with Gasteiger partial charge in [-0.2, -0.15) is 4.52 Å². The summed E-state index contributed by atoms with van der Waals surface area (Å²) in [5.41, 5.74) is 3.06. The average Bonchev–Trinajstić information content (AvgIpc) is 3.28. The number of pyridine rings is 1. The molecule has 0 fully saturated rings. The third kappa shape index (κ3) is 2.84. The number of thiophene rings is 1. The van der Waals surface area contributed by atoms with E-state index in [1.165, 1.54) is 16.9 Å². The summed E-state index contributed by atoms with van der Waals surface area (Å²) in [5.74, 6) is 1.29. The number of nitrogens with zero attached hydrogens (tertiary/aromatic N) is 5. The van der Waals surface area contributed by atoms with Crippen LogP contribution in [-0.4, -0.2) is 30.5 Å². The van der Waals surface area contributed by atoms with Crippen LogP contribution in [0.1, 0.15) is 45.8 Å². The first-order valence-electron chi connectivity index (χ1n) is 9.45. The van der Waals surface area contributed by atoms with Crippen LogP contribution >= 0.6 is 11.3 Å². The van der Waals surface area contributed by atoms with Crippen LogP contribution in [0.25, 0.3) is 15.9 Å². The molecule has 1 N–H and O–H groups in total. The first-order valence-corrected chi connectivity index (χ1v) is 10.3. The maximum absolute atomic E-state index is 12.6. The van der Waals surface area contributed by atoms with Gasteiger partial charge >= 0.3 is 0 Å². The number of amides is 1. The van der Waals surface area contributed by atoms with Crippen LogP contribution in [0, 0.1) is 12.8 Å². The first-order chi connectivity index (χ1) is 13.6. The van der Waals surface area contributed by atoms with Crippen molar-refractivity contribution in [2.24, 2.45) is 5.92 Å². The first kappa shape index (κ1) is 17.2. The molecule has 0 aliphatic heterocycles. The molecule has 0 saturated heterocycles. The lowest BCUT2D eigenvalue weighted by Crippen LogP contribution is -2.24. The zero-order chi connectivity index (χ0) is 19.3. The smallest absolute Gasteiger partial charge is 0.291 e. The van der Waals surface area contributed by atoms with E-state index in [9.17, 15) is 4.79 Å². The molecule has 0 spiro atoms. The van der Waals surface area contributed by atoms with Crippen molar-refractivity contribution >= 4 is 33.1 Å². The highest BCUT2D eigenvalue weighted by Crippen LogP contribution is 2.38. The number of fused-ring (bicyclic) bond motifs is 5. The highest BCUT2D eigenvalue weighted by atomic mass is 32.1. The lowest BCUT2D eigenvalue weighted by atomic mass is 9.89. The third-order valence-corrected chi connectivity index (χ3v) is 6.48. The van der Waals surface area contributed by atoms with Crippen molar-refractivity contribution in [1.29, 1.82) is 0 Å². The van der Waals surface area contributed by atoms with E-state index in [1.54, 1.807) is 28.2 Å². The number of hydrogen-bond acceptors (Lipinski definition) is 6. The van der Waals surface area contributed by atoms with Crippen molar-refractivity contribution in [3.8, 4) is 0 Å². The molecule has 0 saturated carbocycles. The Morgan fingerprint density at radius 1 is 1.32 bits per heavy atom. The van der Waals surface area contributed by atoms with Crippen LogP contribution in [0.3, 0.4) is 0 Å². The van der Waals surface area contributed by atoms with Crippen LogP contribution in [-0.2, 0) is 19.4 Å². The molecule has 8 heteroatoms. The Hall–Kier alpha value is -2.87. The normalized spacial score (nSPS) is 16.4. The fourth-order valence-corrected chi connectivity index (χ4v) is 5.06. The molecule has 1 aliphatic rings. The highest BCUT2D eigenvalue weighted by molar-refractivity contribution is 7.19. The molecule has 0 aromatic carbocycles. The Kier molecular flexibility index (Phi) is 4.08. The number of aryl methyl sites for hydroxylation is 2. The van der Waals surface area contributed by atoms with Gasteiger partial charge < -0.3 is 5.32 Å². The molecule has 1 aliphatic carbocycles. The maximum Gasteiger partial charge on any atom is 0.291 e. The average molecular weight is 392 g/mol. The summed E-state index contributed by atoms with van der Waals surface area (Å²) in [7, 11) is 0.